The number of H-pyrrole nitrogens is 1. The number of hydrogen-bond donors (Lipinski definition) is 2. The highest BCUT2D eigenvalue weighted by molar-refractivity contribution is 5.67. The highest BCUT2D eigenvalue weighted by Gasteiger charge is 2.35. The second-order valence-corrected chi connectivity index (χ2v) is 4.08. The molecule has 0 bridgehead atoms. The van der Waals surface area contributed by atoms with Gasteiger partial charge in [0.15, 0.2) is 0 Å². The molecule has 0 saturated carbocycles. The number of alkyl halides is 3. The maximum atomic E-state index is 12.5. The number of aryl methyl sites for hydroxylation is 1. The number of rotatable bonds is 3. The Morgan fingerprint density at radius 1 is 1.40 bits per heavy atom. The van der Waals surface area contributed by atoms with Gasteiger partial charge in [-0.3, -0.25) is 14.7 Å². The molecule has 2 N–H and O–H groups in total. The summed E-state index contributed by atoms with van der Waals surface area (Å²) in [5, 5.41) is 10.4. The first-order valence-electron chi connectivity index (χ1n) is 5.47. The van der Waals surface area contributed by atoms with Crippen LogP contribution in [0.1, 0.15) is 23.5 Å². The van der Waals surface area contributed by atoms with Crippen molar-refractivity contribution in [3.05, 3.63) is 27.4 Å². The van der Waals surface area contributed by atoms with Crippen LogP contribution in [0, 0.1) is 6.92 Å². The fraction of sp³-hybridized carbons (Fsp3) is 0.400. The van der Waals surface area contributed by atoms with Gasteiger partial charge in [-0.25, -0.2) is 4.98 Å². The standard InChI is InChI=1S/C10H9F3N4O3/c1-4-5(2-3-6(18)19)7(20)17-9(14-4)15-8(16-17)10(11,12)13/h2-3H2,1H3,(H,18,19)(H,14,15,16). The monoisotopic (exact) mass is 290 g/mol. The van der Waals surface area contributed by atoms with Crippen LogP contribution in [0.25, 0.3) is 5.78 Å². The van der Waals surface area contributed by atoms with Gasteiger partial charge < -0.3 is 5.11 Å². The van der Waals surface area contributed by atoms with E-state index in [0.29, 0.717) is 4.52 Å². The lowest BCUT2D eigenvalue weighted by Crippen LogP contribution is -2.23. The van der Waals surface area contributed by atoms with Crippen molar-refractivity contribution in [2.75, 3.05) is 0 Å². The lowest BCUT2D eigenvalue weighted by Gasteiger charge is -2.02. The molecule has 20 heavy (non-hydrogen) atoms. The van der Waals surface area contributed by atoms with Crippen molar-refractivity contribution in [2.45, 2.75) is 25.9 Å². The third kappa shape index (κ3) is 2.49. The van der Waals surface area contributed by atoms with Crippen LogP contribution in [0.15, 0.2) is 4.79 Å². The van der Waals surface area contributed by atoms with E-state index in [1.165, 1.54) is 6.92 Å². The summed E-state index contributed by atoms with van der Waals surface area (Å²) >= 11 is 0. The largest absolute Gasteiger partial charge is 0.481 e. The second kappa shape index (κ2) is 4.62. The Kier molecular flexibility index (Phi) is 3.24. The number of carbonyl (C=O) groups is 1. The van der Waals surface area contributed by atoms with Crippen molar-refractivity contribution in [3.8, 4) is 0 Å². The van der Waals surface area contributed by atoms with Crippen LogP contribution in [0.4, 0.5) is 13.2 Å². The lowest BCUT2D eigenvalue weighted by atomic mass is 10.1. The molecule has 0 radical (unpaired) electrons. The van der Waals surface area contributed by atoms with Crippen molar-refractivity contribution in [1.29, 1.82) is 0 Å². The maximum absolute atomic E-state index is 12.5. The summed E-state index contributed by atoms with van der Waals surface area (Å²) in [5.74, 6) is -2.86. The summed E-state index contributed by atoms with van der Waals surface area (Å²) in [6.07, 6.45) is -5.16. The second-order valence-electron chi connectivity index (χ2n) is 4.08. The minimum absolute atomic E-state index is 0.0438. The van der Waals surface area contributed by atoms with Gasteiger partial charge in [0.2, 0.25) is 5.82 Å². The maximum Gasteiger partial charge on any atom is 0.451 e. The Hall–Kier alpha value is -2.39. The summed E-state index contributed by atoms with van der Waals surface area (Å²) in [6.45, 7) is 1.42. The molecule has 0 unspecified atom stereocenters. The van der Waals surface area contributed by atoms with Gasteiger partial charge in [-0.15, -0.1) is 0 Å². The van der Waals surface area contributed by atoms with E-state index >= 15 is 0 Å². The number of nitrogens with zero attached hydrogens (tertiary/aromatic N) is 3. The van der Waals surface area contributed by atoms with Crippen molar-refractivity contribution in [1.82, 2.24) is 19.6 Å². The first-order valence-corrected chi connectivity index (χ1v) is 5.47. The van der Waals surface area contributed by atoms with Crippen molar-refractivity contribution in [2.24, 2.45) is 0 Å². The van der Waals surface area contributed by atoms with Crippen molar-refractivity contribution < 1.29 is 23.1 Å². The third-order valence-electron chi connectivity index (χ3n) is 2.65. The predicted octanol–water partition coefficient (Wildman–Crippen LogP) is 0.762. The number of fused-ring (bicyclic) bond motifs is 1. The van der Waals surface area contributed by atoms with Crippen molar-refractivity contribution >= 4 is 11.7 Å². The number of carboxylic acid groups (broad SMARTS) is 1. The molecule has 108 valence electrons. The zero-order valence-corrected chi connectivity index (χ0v) is 10.2. The summed E-state index contributed by atoms with van der Waals surface area (Å²) in [4.78, 5) is 29.5. The van der Waals surface area contributed by atoms with Crippen LogP contribution in [-0.4, -0.2) is 30.7 Å². The predicted molar refractivity (Wildman–Crippen MR) is 59.3 cm³/mol. The molecule has 7 nitrogen and oxygen atoms in total. The molecular weight excluding hydrogens is 281 g/mol. The van der Waals surface area contributed by atoms with Gasteiger partial charge in [0, 0.05) is 12.0 Å². The van der Waals surface area contributed by atoms with Crippen LogP contribution in [0.5, 0.6) is 0 Å². The number of hydrogen-bond acceptors (Lipinski definition) is 4. The molecule has 2 aromatic heterocycles. The average Bonchev–Trinajstić information content (AvgIpc) is 2.71. The minimum atomic E-state index is -4.73. The number of aromatic amines is 1. The van der Waals surface area contributed by atoms with E-state index in [1.807, 2.05) is 5.10 Å². The van der Waals surface area contributed by atoms with E-state index < -0.39 is 29.3 Å². The van der Waals surface area contributed by atoms with Gasteiger partial charge in [0.1, 0.15) is 0 Å². The summed E-state index contributed by atoms with van der Waals surface area (Å²) < 4.78 is 38.1. The number of aromatic nitrogens is 4. The first-order chi connectivity index (χ1) is 9.20. The van der Waals surface area contributed by atoms with Crippen LogP contribution in [-0.2, 0) is 17.4 Å². The first kappa shape index (κ1) is 14.0. The molecule has 2 heterocycles. The van der Waals surface area contributed by atoms with E-state index in [1.54, 1.807) is 0 Å². The van der Waals surface area contributed by atoms with Gasteiger partial charge in [0.25, 0.3) is 11.3 Å². The van der Waals surface area contributed by atoms with Crippen LogP contribution >= 0.6 is 0 Å². The van der Waals surface area contributed by atoms with E-state index in [4.69, 9.17) is 5.11 Å². The zero-order chi connectivity index (χ0) is 15.1. The van der Waals surface area contributed by atoms with Gasteiger partial charge in [0.05, 0.1) is 5.69 Å². The molecule has 2 aromatic rings. The van der Waals surface area contributed by atoms with E-state index in [2.05, 4.69) is 9.97 Å². The fourth-order valence-electron chi connectivity index (χ4n) is 1.70. The normalized spacial score (nSPS) is 12.0. The molecule has 0 spiro atoms. The lowest BCUT2D eigenvalue weighted by molar-refractivity contribution is -0.144. The molecule has 10 heteroatoms. The molecule has 0 aliphatic rings. The molecule has 0 aliphatic heterocycles. The number of aliphatic carboxylic acids is 1. The van der Waals surface area contributed by atoms with E-state index in [9.17, 15) is 22.8 Å². The van der Waals surface area contributed by atoms with Gasteiger partial charge in [-0.05, 0) is 13.3 Å². The van der Waals surface area contributed by atoms with Gasteiger partial charge in [-0.2, -0.15) is 22.7 Å². The minimum Gasteiger partial charge on any atom is -0.481 e. The Morgan fingerprint density at radius 2 is 2.05 bits per heavy atom. The molecule has 0 amide bonds. The zero-order valence-electron chi connectivity index (χ0n) is 10.2. The molecule has 2 rings (SSSR count). The molecular formula is C10H9F3N4O3. The topological polar surface area (TPSA) is 100 Å². The average molecular weight is 290 g/mol. The number of carboxylic acids is 1. The third-order valence-corrected chi connectivity index (χ3v) is 2.65. The number of nitrogens with one attached hydrogen (secondary N) is 1. The quantitative estimate of drug-likeness (QED) is 0.869. The van der Waals surface area contributed by atoms with E-state index in [0.717, 1.165) is 0 Å². The van der Waals surface area contributed by atoms with Crippen LogP contribution < -0.4 is 5.56 Å². The van der Waals surface area contributed by atoms with Crippen LogP contribution in [0.3, 0.4) is 0 Å². The smallest absolute Gasteiger partial charge is 0.451 e. The number of halogens is 3. The Labute approximate surface area is 109 Å². The Bertz CT molecular complexity index is 732. The Balaban J connectivity index is 2.57. The van der Waals surface area contributed by atoms with Crippen molar-refractivity contribution in [3.63, 3.8) is 0 Å². The Morgan fingerprint density at radius 3 is 2.60 bits per heavy atom. The van der Waals surface area contributed by atoms with Gasteiger partial charge >= 0.3 is 12.1 Å². The fourth-order valence-corrected chi connectivity index (χ4v) is 1.70. The SMILES string of the molecule is Cc1nc2nc(C(F)(F)F)[nH]n2c(=O)c1CCC(=O)O. The summed E-state index contributed by atoms with van der Waals surface area (Å²) in [6, 6.07) is 0. The highest BCUT2D eigenvalue weighted by atomic mass is 19.4. The van der Waals surface area contributed by atoms with E-state index in [-0.39, 0.29) is 24.1 Å². The molecule has 0 aliphatic carbocycles. The summed E-state index contributed by atoms with van der Waals surface area (Å²) in [7, 11) is 0. The molecule has 0 atom stereocenters. The highest BCUT2D eigenvalue weighted by Crippen LogP contribution is 2.25. The molecule has 0 saturated heterocycles. The molecule has 0 aromatic carbocycles. The van der Waals surface area contributed by atoms with Crippen LogP contribution in [0.2, 0.25) is 0 Å². The molecule has 0 fully saturated rings. The summed E-state index contributed by atoms with van der Waals surface area (Å²) in [5.41, 5.74) is -0.574. The van der Waals surface area contributed by atoms with Gasteiger partial charge in [-0.1, -0.05) is 0 Å².